The zero-order valence-corrected chi connectivity index (χ0v) is 7.33. The molecule has 0 bridgehead atoms. The highest BCUT2D eigenvalue weighted by molar-refractivity contribution is 5.28. The van der Waals surface area contributed by atoms with Gasteiger partial charge in [0.2, 0.25) is 0 Å². The highest BCUT2D eigenvalue weighted by Gasteiger charge is 2.01. The smallest absolute Gasteiger partial charge is 0.140 e. The van der Waals surface area contributed by atoms with Gasteiger partial charge in [-0.05, 0) is 19.4 Å². The summed E-state index contributed by atoms with van der Waals surface area (Å²) in [5.41, 5.74) is 2.01. The van der Waals surface area contributed by atoms with Gasteiger partial charge in [0.05, 0.1) is 0 Å². The van der Waals surface area contributed by atoms with Crippen LogP contribution in [0.4, 0.5) is 0 Å². The molecular formula is C11H12O. The van der Waals surface area contributed by atoms with Crippen LogP contribution in [0.2, 0.25) is 0 Å². The molecule has 1 unspecified atom stereocenters. The Bertz CT molecular complexity index is 317. The van der Waals surface area contributed by atoms with Gasteiger partial charge in [-0.2, -0.15) is 0 Å². The van der Waals surface area contributed by atoms with Gasteiger partial charge in [-0.3, -0.25) is 0 Å². The van der Waals surface area contributed by atoms with Crippen LogP contribution in [0.5, 0.6) is 0 Å². The molecule has 62 valence electrons. The molecule has 0 aliphatic carbocycles. The topological polar surface area (TPSA) is 20.2 Å². The van der Waals surface area contributed by atoms with Crippen molar-refractivity contribution in [3.05, 3.63) is 35.4 Å². The van der Waals surface area contributed by atoms with E-state index in [0.717, 1.165) is 11.1 Å². The van der Waals surface area contributed by atoms with Crippen LogP contribution < -0.4 is 0 Å². The Labute approximate surface area is 73.0 Å². The van der Waals surface area contributed by atoms with Crippen LogP contribution in [0.25, 0.3) is 0 Å². The molecule has 0 amide bonds. The van der Waals surface area contributed by atoms with Crippen molar-refractivity contribution in [1.82, 2.24) is 0 Å². The van der Waals surface area contributed by atoms with Gasteiger partial charge >= 0.3 is 0 Å². The van der Waals surface area contributed by atoms with E-state index >= 15 is 0 Å². The summed E-state index contributed by atoms with van der Waals surface area (Å²) in [6, 6.07) is 7.73. The fourth-order valence-electron chi connectivity index (χ4n) is 1.06. The van der Waals surface area contributed by atoms with Crippen LogP contribution >= 0.6 is 0 Å². The van der Waals surface area contributed by atoms with Crippen molar-refractivity contribution in [2.75, 3.05) is 0 Å². The monoisotopic (exact) mass is 160 g/mol. The summed E-state index contributed by atoms with van der Waals surface area (Å²) in [5, 5.41) is 9.47. The second kappa shape index (κ2) is 3.94. The molecule has 1 heteroatoms. The fraction of sp³-hybridized carbons (Fsp3) is 0.273. The molecule has 0 aromatic heterocycles. The predicted octanol–water partition coefficient (Wildman–Crippen LogP) is 2.05. The number of hydrogen-bond acceptors (Lipinski definition) is 1. The van der Waals surface area contributed by atoms with E-state index in [1.165, 1.54) is 0 Å². The first-order chi connectivity index (χ1) is 5.74. The van der Waals surface area contributed by atoms with Crippen molar-refractivity contribution >= 4 is 0 Å². The lowest BCUT2D eigenvalue weighted by Crippen LogP contribution is -1.93. The predicted molar refractivity (Wildman–Crippen MR) is 49.6 cm³/mol. The van der Waals surface area contributed by atoms with Crippen LogP contribution in [-0.2, 0) is 0 Å². The Morgan fingerprint density at radius 1 is 1.42 bits per heavy atom. The maximum atomic E-state index is 9.47. The first-order valence-electron chi connectivity index (χ1n) is 3.91. The zero-order chi connectivity index (χ0) is 8.97. The highest BCUT2D eigenvalue weighted by atomic mass is 16.3. The van der Waals surface area contributed by atoms with Gasteiger partial charge in [0.25, 0.3) is 0 Å². The summed E-state index contributed by atoms with van der Waals surface area (Å²) in [7, 11) is 0. The van der Waals surface area contributed by atoms with Crippen LogP contribution in [0.3, 0.4) is 0 Å². The lowest BCUT2D eigenvalue weighted by molar-refractivity contribution is 0.238. The average molecular weight is 160 g/mol. The molecule has 0 saturated carbocycles. The van der Waals surface area contributed by atoms with Gasteiger partial charge in [0.1, 0.15) is 6.10 Å². The number of rotatable bonds is 1. The molecule has 12 heavy (non-hydrogen) atoms. The maximum absolute atomic E-state index is 9.47. The largest absolute Gasteiger partial charge is 0.376 e. The first kappa shape index (κ1) is 8.83. The van der Waals surface area contributed by atoms with E-state index < -0.39 is 6.10 Å². The third-order valence-electron chi connectivity index (χ3n) is 1.64. The van der Waals surface area contributed by atoms with Crippen molar-refractivity contribution in [3.63, 3.8) is 0 Å². The molecule has 0 radical (unpaired) electrons. The van der Waals surface area contributed by atoms with Crippen molar-refractivity contribution in [2.24, 2.45) is 0 Å². The standard InChI is InChI=1S/C11H12O/c1-3-5-11(12)10-7-4-6-9(2)8-10/h4,6-8,11-12H,1-2H3. The number of aryl methyl sites for hydroxylation is 1. The SMILES string of the molecule is CC#CC(O)c1cccc(C)c1. The third-order valence-corrected chi connectivity index (χ3v) is 1.64. The Balaban J connectivity index is 2.92. The molecule has 0 spiro atoms. The molecule has 1 rings (SSSR count). The van der Waals surface area contributed by atoms with Crippen molar-refractivity contribution in [1.29, 1.82) is 0 Å². The average Bonchev–Trinajstić information content (AvgIpc) is 2.05. The lowest BCUT2D eigenvalue weighted by Gasteiger charge is -2.03. The zero-order valence-electron chi connectivity index (χ0n) is 7.33. The highest BCUT2D eigenvalue weighted by Crippen LogP contribution is 2.12. The van der Waals surface area contributed by atoms with Gasteiger partial charge < -0.3 is 5.11 Å². The van der Waals surface area contributed by atoms with E-state index in [1.54, 1.807) is 6.92 Å². The maximum Gasteiger partial charge on any atom is 0.140 e. The Morgan fingerprint density at radius 3 is 2.75 bits per heavy atom. The lowest BCUT2D eigenvalue weighted by atomic mass is 10.1. The third kappa shape index (κ3) is 2.11. The molecule has 1 aromatic carbocycles. The van der Waals surface area contributed by atoms with Crippen molar-refractivity contribution in [3.8, 4) is 11.8 Å². The fourth-order valence-corrected chi connectivity index (χ4v) is 1.06. The van der Waals surface area contributed by atoms with Gasteiger partial charge in [0.15, 0.2) is 0 Å². The second-order valence-corrected chi connectivity index (χ2v) is 2.71. The molecule has 0 fully saturated rings. The van der Waals surface area contributed by atoms with E-state index in [4.69, 9.17) is 0 Å². The molecule has 0 heterocycles. The minimum atomic E-state index is -0.644. The molecule has 0 saturated heterocycles. The van der Waals surface area contributed by atoms with E-state index in [9.17, 15) is 5.11 Å². The number of hydrogen-bond donors (Lipinski definition) is 1. The van der Waals surface area contributed by atoms with Crippen LogP contribution in [0, 0.1) is 18.8 Å². The van der Waals surface area contributed by atoms with E-state index in [0.29, 0.717) is 0 Å². The summed E-state index contributed by atoms with van der Waals surface area (Å²) < 4.78 is 0. The molecule has 0 aliphatic heterocycles. The number of aliphatic hydroxyl groups is 1. The van der Waals surface area contributed by atoms with E-state index in [1.807, 2.05) is 31.2 Å². The second-order valence-electron chi connectivity index (χ2n) is 2.71. The van der Waals surface area contributed by atoms with Gasteiger partial charge in [-0.1, -0.05) is 35.7 Å². The van der Waals surface area contributed by atoms with Gasteiger partial charge in [-0.15, -0.1) is 5.92 Å². The first-order valence-corrected chi connectivity index (χ1v) is 3.91. The molecule has 1 N–H and O–H groups in total. The number of aliphatic hydroxyl groups excluding tert-OH is 1. The quantitative estimate of drug-likeness (QED) is 0.623. The van der Waals surface area contributed by atoms with Crippen molar-refractivity contribution < 1.29 is 5.11 Å². The van der Waals surface area contributed by atoms with Crippen LogP contribution in [0.1, 0.15) is 24.2 Å². The molecule has 1 atom stereocenters. The van der Waals surface area contributed by atoms with E-state index in [2.05, 4.69) is 11.8 Å². The Hall–Kier alpha value is -1.26. The summed E-state index contributed by atoms with van der Waals surface area (Å²) in [6.07, 6.45) is -0.644. The minimum Gasteiger partial charge on any atom is -0.376 e. The Morgan fingerprint density at radius 2 is 2.17 bits per heavy atom. The summed E-state index contributed by atoms with van der Waals surface area (Å²) in [5.74, 6) is 5.38. The van der Waals surface area contributed by atoms with Gasteiger partial charge in [0, 0.05) is 0 Å². The summed E-state index contributed by atoms with van der Waals surface area (Å²) in [4.78, 5) is 0. The van der Waals surface area contributed by atoms with Crippen LogP contribution in [-0.4, -0.2) is 5.11 Å². The van der Waals surface area contributed by atoms with Crippen molar-refractivity contribution in [2.45, 2.75) is 20.0 Å². The Kier molecular flexibility index (Phi) is 2.90. The number of benzene rings is 1. The molecule has 0 aliphatic rings. The van der Waals surface area contributed by atoms with Crippen LogP contribution in [0.15, 0.2) is 24.3 Å². The normalized spacial score (nSPS) is 11.6. The summed E-state index contributed by atoms with van der Waals surface area (Å²) >= 11 is 0. The molecule has 1 aromatic rings. The van der Waals surface area contributed by atoms with Gasteiger partial charge in [-0.25, -0.2) is 0 Å². The molecular weight excluding hydrogens is 148 g/mol. The van der Waals surface area contributed by atoms with E-state index in [-0.39, 0.29) is 0 Å². The molecule has 1 nitrogen and oxygen atoms in total. The summed E-state index contributed by atoms with van der Waals surface area (Å²) in [6.45, 7) is 3.72. The minimum absolute atomic E-state index is 0.644.